The van der Waals surface area contributed by atoms with Crippen molar-refractivity contribution in [2.45, 2.75) is 12.3 Å². The molecule has 6 nitrogen and oxygen atoms in total. The lowest BCUT2D eigenvalue weighted by atomic mass is 9.85. The molecule has 1 N–H and O–H groups in total. The van der Waals surface area contributed by atoms with E-state index < -0.39 is 5.92 Å². The van der Waals surface area contributed by atoms with Gasteiger partial charge in [0.15, 0.2) is 17.3 Å². The maximum absolute atomic E-state index is 13.2. The Bertz CT molecular complexity index is 987. The molecule has 0 saturated carbocycles. The second kappa shape index (κ2) is 6.29. The van der Waals surface area contributed by atoms with Crippen LogP contribution in [0.5, 0.6) is 23.0 Å². The normalized spacial score (nSPS) is 16.0. The summed E-state index contributed by atoms with van der Waals surface area (Å²) in [5.74, 6) is 1.01. The quantitative estimate of drug-likeness (QED) is 0.716. The summed E-state index contributed by atoms with van der Waals surface area (Å²) in [4.78, 5) is 13.2. The van der Waals surface area contributed by atoms with Crippen LogP contribution in [0.3, 0.4) is 0 Å². The van der Waals surface area contributed by atoms with E-state index >= 15 is 0 Å². The summed E-state index contributed by atoms with van der Waals surface area (Å²) < 4.78 is 21.6. The minimum absolute atomic E-state index is 0.0604. The third-order valence-electron chi connectivity index (χ3n) is 4.74. The van der Waals surface area contributed by atoms with Gasteiger partial charge in [-0.05, 0) is 30.7 Å². The van der Waals surface area contributed by atoms with Crippen LogP contribution in [-0.2, 0) is 0 Å². The van der Waals surface area contributed by atoms with Crippen LogP contribution in [0.15, 0.2) is 41.0 Å². The maximum Gasteiger partial charge on any atom is 0.174 e. The van der Waals surface area contributed by atoms with Gasteiger partial charge in [-0.2, -0.15) is 0 Å². The Morgan fingerprint density at radius 3 is 2.69 bits per heavy atom. The Morgan fingerprint density at radius 1 is 1.15 bits per heavy atom. The van der Waals surface area contributed by atoms with Crippen molar-refractivity contribution in [1.82, 2.24) is 0 Å². The van der Waals surface area contributed by atoms with Gasteiger partial charge in [-0.3, -0.25) is 4.79 Å². The number of phenols is 1. The Hall–Kier alpha value is -3.15. The number of Topliss-reactive ketones (excluding diaryl/α,β-unsaturated/α-hetero) is 1. The number of furan rings is 1. The van der Waals surface area contributed by atoms with Crippen LogP contribution in [0.2, 0.25) is 0 Å². The number of rotatable bonds is 4. The van der Waals surface area contributed by atoms with Crippen LogP contribution in [0, 0.1) is 0 Å². The van der Waals surface area contributed by atoms with Crippen LogP contribution in [-0.4, -0.2) is 31.7 Å². The van der Waals surface area contributed by atoms with E-state index in [1.165, 1.54) is 6.26 Å². The molecular formula is C20H18O6. The number of fused-ring (bicyclic) bond motifs is 2. The summed E-state index contributed by atoms with van der Waals surface area (Å²) in [5.41, 5.74) is 1.54. The zero-order valence-electron chi connectivity index (χ0n) is 14.4. The van der Waals surface area contributed by atoms with E-state index in [0.29, 0.717) is 41.2 Å². The number of hydrogen-bond donors (Lipinski definition) is 1. The van der Waals surface area contributed by atoms with Gasteiger partial charge >= 0.3 is 0 Å². The Balaban J connectivity index is 1.79. The average Bonchev–Trinajstić information content (AvgIpc) is 3.16. The number of hydrogen-bond acceptors (Lipinski definition) is 6. The molecule has 0 saturated heterocycles. The van der Waals surface area contributed by atoms with Gasteiger partial charge in [0, 0.05) is 11.6 Å². The molecule has 0 radical (unpaired) electrons. The molecule has 0 amide bonds. The third-order valence-corrected chi connectivity index (χ3v) is 4.74. The molecule has 26 heavy (non-hydrogen) atoms. The molecule has 1 aliphatic heterocycles. The van der Waals surface area contributed by atoms with Crippen molar-refractivity contribution in [3.05, 3.63) is 47.7 Å². The first kappa shape index (κ1) is 16.3. The highest BCUT2D eigenvalue weighted by Gasteiger charge is 2.32. The summed E-state index contributed by atoms with van der Waals surface area (Å²) >= 11 is 0. The van der Waals surface area contributed by atoms with Crippen LogP contribution >= 0.6 is 0 Å². The third kappa shape index (κ3) is 2.45. The number of ether oxygens (including phenoxy) is 3. The van der Waals surface area contributed by atoms with Crippen molar-refractivity contribution in [3.63, 3.8) is 0 Å². The van der Waals surface area contributed by atoms with Gasteiger partial charge in [0.05, 0.1) is 44.0 Å². The lowest BCUT2D eigenvalue weighted by Gasteiger charge is -2.26. The van der Waals surface area contributed by atoms with Gasteiger partial charge < -0.3 is 23.7 Å². The predicted octanol–water partition coefficient (Wildman–Crippen LogP) is 3.90. The standard InChI is InChI=1S/C20H18O6/c1-23-17-9-14-11(5-7-26-16(14)10-18(17)24-2)19(21)13-3-4-15-12(20(13)22)6-8-25-15/h3-4,6,8-11,22H,5,7H2,1-2H3/t11-/m0/s1. The zero-order valence-corrected chi connectivity index (χ0v) is 14.4. The van der Waals surface area contributed by atoms with Crippen molar-refractivity contribution in [3.8, 4) is 23.0 Å². The minimum Gasteiger partial charge on any atom is -0.506 e. The van der Waals surface area contributed by atoms with E-state index in [4.69, 9.17) is 18.6 Å². The molecule has 1 aromatic heterocycles. The number of benzene rings is 2. The van der Waals surface area contributed by atoms with Crippen molar-refractivity contribution in [2.75, 3.05) is 20.8 Å². The molecule has 2 heterocycles. The van der Waals surface area contributed by atoms with Gasteiger partial charge in [-0.1, -0.05) is 0 Å². The lowest BCUT2D eigenvalue weighted by Crippen LogP contribution is -2.22. The van der Waals surface area contributed by atoms with Gasteiger partial charge in [-0.25, -0.2) is 0 Å². The summed E-state index contributed by atoms with van der Waals surface area (Å²) in [7, 11) is 3.09. The number of aromatic hydroxyl groups is 1. The lowest BCUT2D eigenvalue weighted by molar-refractivity contribution is 0.0930. The number of carbonyl (C=O) groups is 1. The zero-order chi connectivity index (χ0) is 18.3. The average molecular weight is 354 g/mol. The van der Waals surface area contributed by atoms with E-state index in [1.807, 2.05) is 0 Å². The van der Waals surface area contributed by atoms with Crippen molar-refractivity contribution < 1.29 is 28.5 Å². The topological polar surface area (TPSA) is 78.1 Å². The van der Waals surface area contributed by atoms with E-state index in [0.717, 1.165) is 5.56 Å². The Morgan fingerprint density at radius 2 is 1.92 bits per heavy atom. The van der Waals surface area contributed by atoms with Crippen LogP contribution < -0.4 is 14.2 Å². The molecule has 6 heteroatoms. The first-order valence-corrected chi connectivity index (χ1v) is 8.26. The molecule has 3 aromatic rings. The van der Waals surface area contributed by atoms with Crippen LogP contribution in [0.4, 0.5) is 0 Å². The number of methoxy groups -OCH3 is 2. The Kier molecular flexibility index (Phi) is 3.95. The van der Waals surface area contributed by atoms with E-state index in [9.17, 15) is 9.90 Å². The first-order chi connectivity index (χ1) is 12.6. The van der Waals surface area contributed by atoms with Crippen molar-refractivity contribution >= 4 is 16.8 Å². The van der Waals surface area contributed by atoms with Crippen LogP contribution in [0.25, 0.3) is 11.0 Å². The van der Waals surface area contributed by atoms with Gasteiger partial charge in [0.2, 0.25) is 0 Å². The molecule has 0 unspecified atom stereocenters. The van der Waals surface area contributed by atoms with Crippen molar-refractivity contribution in [2.24, 2.45) is 0 Å². The number of ketones is 1. The molecule has 0 bridgehead atoms. The summed E-state index contributed by atoms with van der Waals surface area (Å²) in [6, 6.07) is 8.43. The van der Waals surface area contributed by atoms with Gasteiger partial charge in [0.1, 0.15) is 17.1 Å². The van der Waals surface area contributed by atoms with Gasteiger partial charge in [-0.15, -0.1) is 0 Å². The van der Waals surface area contributed by atoms with Gasteiger partial charge in [0.25, 0.3) is 0 Å². The molecule has 0 aliphatic carbocycles. The smallest absolute Gasteiger partial charge is 0.174 e. The fourth-order valence-electron chi connectivity index (χ4n) is 3.40. The highest BCUT2D eigenvalue weighted by molar-refractivity contribution is 6.07. The van der Waals surface area contributed by atoms with E-state index in [2.05, 4.69) is 0 Å². The molecule has 1 atom stereocenters. The largest absolute Gasteiger partial charge is 0.506 e. The second-order valence-electron chi connectivity index (χ2n) is 6.09. The molecular weight excluding hydrogens is 336 g/mol. The minimum atomic E-state index is -0.436. The SMILES string of the molecule is COc1cc2c(cc1OC)[C@@H](C(=O)c1ccc3occc3c1O)CCO2. The fraction of sp³-hybridized carbons (Fsp3) is 0.250. The highest BCUT2D eigenvalue weighted by atomic mass is 16.5. The summed E-state index contributed by atoms with van der Waals surface area (Å²) in [6.07, 6.45) is 2.00. The molecule has 1 aliphatic rings. The molecule has 0 fully saturated rings. The fourth-order valence-corrected chi connectivity index (χ4v) is 3.40. The Labute approximate surface area is 149 Å². The number of phenolic OH excluding ortho intramolecular Hbond substituents is 1. The molecule has 0 spiro atoms. The predicted molar refractivity (Wildman–Crippen MR) is 94.6 cm³/mol. The summed E-state index contributed by atoms with van der Waals surface area (Å²) in [5, 5.41) is 11.0. The highest BCUT2D eigenvalue weighted by Crippen LogP contribution is 2.44. The second-order valence-corrected chi connectivity index (χ2v) is 6.09. The molecule has 2 aromatic carbocycles. The summed E-state index contributed by atoms with van der Waals surface area (Å²) in [6.45, 7) is 0.410. The first-order valence-electron chi connectivity index (χ1n) is 8.26. The molecule has 134 valence electrons. The maximum atomic E-state index is 13.2. The van der Waals surface area contributed by atoms with Crippen LogP contribution in [0.1, 0.15) is 28.3 Å². The molecule has 4 rings (SSSR count). The number of carbonyl (C=O) groups excluding carboxylic acids is 1. The van der Waals surface area contributed by atoms with E-state index in [1.54, 1.807) is 44.6 Å². The monoisotopic (exact) mass is 354 g/mol. The van der Waals surface area contributed by atoms with E-state index in [-0.39, 0.29) is 17.1 Å². The van der Waals surface area contributed by atoms with Crippen molar-refractivity contribution in [1.29, 1.82) is 0 Å².